The molecule has 0 aliphatic carbocycles. The molecule has 0 saturated carbocycles. The van der Waals surface area contributed by atoms with Crippen LogP contribution in [0.25, 0.3) is 0 Å². The zero-order valence-corrected chi connectivity index (χ0v) is 18.8. The number of carbonyl (C=O) groups is 1. The van der Waals surface area contributed by atoms with Crippen molar-refractivity contribution < 1.29 is 4.79 Å². The Hall–Kier alpha value is -1.31. The average Bonchev–Trinajstić information content (AvgIpc) is 2.55. The van der Waals surface area contributed by atoms with Crippen LogP contribution < -0.4 is 0 Å². The van der Waals surface area contributed by atoms with Crippen molar-refractivity contribution in [1.29, 1.82) is 0 Å². The molecule has 0 saturated heterocycles. The maximum absolute atomic E-state index is 10.2. The summed E-state index contributed by atoms with van der Waals surface area (Å²) in [7, 11) is 0. The van der Waals surface area contributed by atoms with Gasteiger partial charge in [-0.1, -0.05) is 59.8 Å². The lowest BCUT2D eigenvalue weighted by atomic mass is 9.83. The number of aldehydes is 1. The van der Waals surface area contributed by atoms with Gasteiger partial charge in [0.1, 0.15) is 6.29 Å². The van der Waals surface area contributed by atoms with Crippen LogP contribution in [0, 0.1) is 22.7 Å². The Balaban J connectivity index is 0. The van der Waals surface area contributed by atoms with Crippen molar-refractivity contribution in [3.63, 3.8) is 0 Å². The molecule has 0 heterocycles. The third-order valence-corrected chi connectivity index (χ3v) is 4.76. The van der Waals surface area contributed by atoms with Crippen LogP contribution in [0.15, 0.2) is 37.6 Å². The number of hydrogen-bond donors (Lipinski definition) is 0. The lowest BCUT2D eigenvalue weighted by molar-refractivity contribution is -0.108. The van der Waals surface area contributed by atoms with Crippen molar-refractivity contribution in [3.8, 4) is 0 Å². The van der Waals surface area contributed by atoms with E-state index in [1.807, 2.05) is 6.08 Å². The first kappa shape index (κ1) is 26.9. The van der Waals surface area contributed by atoms with Gasteiger partial charge in [-0.3, -0.25) is 0 Å². The van der Waals surface area contributed by atoms with E-state index in [0.717, 1.165) is 32.2 Å². The second kappa shape index (κ2) is 13.8. The second-order valence-electron chi connectivity index (χ2n) is 8.84. The molecule has 0 aromatic carbocycles. The van der Waals surface area contributed by atoms with Gasteiger partial charge in [0.15, 0.2) is 0 Å². The minimum absolute atomic E-state index is 0.169. The summed E-state index contributed by atoms with van der Waals surface area (Å²) >= 11 is 0. The minimum Gasteiger partial charge on any atom is -0.378 e. The molecule has 2 nitrogen and oxygen atoms in total. The van der Waals surface area contributed by atoms with Crippen molar-refractivity contribution in [3.05, 3.63) is 37.6 Å². The zero-order valence-electron chi connectivity index (χ0n) is 18.8. The highest BCUT2D eigenvalue weighted by Gasteiger charge is 2.16. The number of hydrogen-bond acceptors (Lipinski definition) is 2. The van der Waals surface area contributed by atoms with Gasteiger partial charge in [0, 0.05) is 19.5 Å². The number of carbonyl (C=O) groups excluding carboxylic acids is 1. The third-order valence-electron chi connectivity index (χ3n) is 4.76. The van der Waals surface area contributed by atoms with Gasteiger partial charge in [-0.05, 0) is 55.6 Å². The van der Waals surface area contributed by atoms with E-state index >= 15 is 0 Å². The monoisotopic (exact) mass is 363 g/mol. The molecule has 0 rings (SSSR count). The molecule has 2 heteroatoms. The maximum atomic E-state index is 10.2. The quantitative estimate of drug-likeness (QED) is 0.278. The fourth-order valence-corrected chi connectivity index (χ4v) is 2.91. The van der Waals surface area contributed by atoms with Crippen molar-refractivity contribution in [2.45, 2.75) is 74.7 Å². The SMILES string of the molecule is C=CC(C)(C)CC(C)/C=C/N(CC)CC.C=CC(C)(C)CC(C)CC=O. The molecule has 152 valence electrons. The van der Waals surface area contributed by atoms with Crippen molar-refractivity contribution in [2.75, 3.05) is 13.1 Å². The minimum atomic E-state index is 0.169. The van der Waals surface area contributed by atoms with E-state index in [1.165, 1.54) is 0 Å². The molecule has 0 aromatic heterocycles. The van der Waals surface area contributed by atoms with E-state index < -0.39 is 0 Å². The van der Waals surface area contributed by atoms with Crippen LogP contribution in [0.4, 0.5) is 0 Å². The highest BCUT2D eigenvalue weighted by atomic mass is 16.1. The molecular formula is C24H45NO. The highest BCUT2D eigenvalue weighted by Crippen LogP contribution is 2.27. The highest BCUT2D eigenvalue weighted by molar-refractivity contribution is 5.49. The van der Waals surface area contributed by atoms with Gasteiger partial charge in [0.2, 0.25) is 0 Å². The maximum Gasteiger partial charge on any atom is 0.120 e. The molecule has 0 aromatic rings. The number of nitrogens with zero attached hydrogens (tertiary/aromatic N) is 1. The Morgan fingerprint density at radius 2 is 1.38 bits per heavy atom. The standard InChI is InChI=1S/C14H27N.C10H18O/c1-7-14(5,6)12-13(4)10-11-15(8-2)9-3;1-5-10(3,4)8-9(2)6-7-11/h7,10-11,13H,1,8-9,12H2,2-6H3;5,7,9H,1,6,8H2,2-4H3/b11-10+;. The normalized spacial score (nSPS) is 14.2. The Morgan fingerprint density at radius 3 is 1.77 bits per heavy atom. The van der Waals surface area contributed by atoms with E-state index in [1.54, 1.807) is 0 Å². The fraction of sp³-hybridized carbons (Fsp3) is 0.708. The van der Waals surface area contributed by atoms with Crippen LogP contribution in [0.2, 0.25) is 0 Å². The lowest BCUT2D eigenvalue weighted by Gasteiger charge is -2.23. The van der Waals surface area contributed by atoms with Gasteiger partial charge in [0.25, 0.3) is 0 Å². The van der Waals surface area contributed by atoms with E-state index in [9.17, 15) is 4.79 Å². The predicted octanol–water partition coefficient (Wildman–Crippen LogP) is 6.89. The number of rotatable bonds is 12. The van der Waals surface area contributed by atoms with Crippen LogP contribution in [0.3, 0.4) is 0 Å². The molecule has 0 radical (unpaired) electrons. The molecule has 0 aliphatic heterocycles. The molecule has 0 N–H and O–H groups in total. The van der Waals surface area contributed by atoms with Crippen LogP contribution >= 0.6 is 0 Å². The zero-order chi connectivity index (χ0) is 20.8. The molecular weight excluding hydrogens is 318 g/mol. The summed E-state index contributed by atoms with van der Waals surface area (Å²) in [5, 5.41) is 0. The molecule has 0 fully saturated rings. The Bertz CT molecular complexity index is 416. The first-order valence-corrected chi connectivity index (χ1v) is 10.1. The summed E-state index contributed by atoms with van der Waals surface area (Å²) in [6.07, 6.45) is 12.4. The molecule has 0 aliphatic rings. The van der Waals surface area contributed by atoms with Gasteiger partial charge in [-0.2, -0.15) is 0 Å². The van der Waals surface area contributed by atoms with E-state index in [2.05, 4.69) is 91.8 Å². The predicted molar refractivity (Wildman–Crippen MR) is 118 cm³/mol. The summed E-state index contributed by atoms with van der Waals surface area (Å²) < 4.78 is 0. The lowest BCUT2D eigenvalue weighted by Crippen LogP contribution is -2.16. The Labute approximate surface area is 164 Å². The largest absolute Gasteiger partial charge is 0.378 e. The first-order valence-electron chi connectivity index (χ1n) is 10.1. The van der Waals surface area contributed by atoms with E-state index in [0.29, 0.717) is 18.3 Å². The van der Waals surface area contributed by atoms with E-state index in [4.69, 9.17) is 0 Å². The second-order valence-corrected chi connectivity index (χ2v) is 8.84. The van der Waals surface area contributed by atoms with Gasteiger partial charge in [0.05, 0.1) is 0 Å². The third kappa shape index (κ3) is 15.0. The molecule has 0 bridgehead atoms. The molecule has 2 atom stereocenters. The van der Waals surface area contributed by atoms with Crippen LogP contribution in [-0.4, -0.2) is 24.3 Å². The van der Waals surface area contributed by atoms with Crippen LogP contribution in [-0.2, 0) is 4.79 Å². The van der Waals surface area contributed by atoms with Crippen molar-refractivity contribution in [2.24, 2.45) is 22.7 Å². The van der Waals surface area contributed by atoms with Crippen LogP contribution in [0.1, 0.15) is 74.7 Å². The van der Waals surface area contributed by atoms with Crippen molar-refractivity contribution in [1.82, 2.24) is 4.90 Å². The van der Waals surface area contributed by atoms with Gasteiger partial charge < -0.3 is 9.69 Å². The van der Waals surface area contributed by atoms with E-state index in [-0.39, 0.29) is 10.8 Å². The van der Waals surface area contributed by atoms with Crippen molar-refractivity contribution >= 4 is 6.29 Å². The molecule has 0 spiro atoms. The summed E-state index contributed by atoms with van der Waals surface area (Å²) in [6, 6.07) is 0. The Morgan fingerprint density at radius 1 is 0.923 bits per heavy atom. The molecule has 0 amide bonds. The summed E-state index contributed by atoms with van der Waals surface area (Å²) in [6.45, 7) is 27.3. The molecule has 26 heavy (non-hydrogen) atoms. The Kier molecular flexibility index (Phi) is 14.3. The first-order chi connectivity index (χ1) is 12.0. The fourth-order valence-electron chi connectivity index (χ4n) is 2.91. The average molecular weight is 364 g/mol. The summed E-state index contributed by atoms with van der Waals surface area (Å²) in [5.41, 5.74) is 0.412. The van der Waals surface area contributed by atoms with Crippen LogP contribution in [0.5, 0.6) is 0 Å². The number of allylic oxidation sites excluding steroid dienone is 3. The van der Waals surface area contributed by atoms with Gasteiger partial charge in [-0.25, -0.2) is 0 Å². The van der Waals surface area contributed by atoms with Gasteiger partial charge in [-0.15, -0.1) is 13.2 Å². The summed E-state index contributed by atoms with van der Waals surface area (Å²) in [5.74, 6) is 1.08. The molecule has 2 unspecified atom stereocenters. The summed E-state index contributed by atoms with van der Waals surface area (Å²) in [4.78, 5) is 12.5. The topological polar surface area (TPSA) is 20.3 Å². The smallest absolute Gasteiger partial charge is 0.120 e. The van der Waals surface area contributed by atoms with Gasteiger partial charge >= 0.3 is 0 Å².